The second-order valence-electron chi connectivity index (χ2n) is 9.59. The van der Waals surface area contributed by atoms with Crippen molar-refractivity contribution >= 4 is 11.9 Å². The molecule has 2 aromatic carbocycles. The molecule has 0 saturated carbocycles. The Bertz CT molecular complexity index is 1250. The maximum absolute atomic E-state index is 13.0. The average molecular weight is 589 g/mol. The Hall–Kier alpha value is -3.99. The predicted octanol–water partition coefficient (Wildman–Crippen LogP) is 7.23. The van der Waals surface area contributed by atoms with Crippen LogP contribution in [0.25, 0.3) is 11.4 Å². The summed E-state index contributed by atoms with van der Waals surface area (Å²) >= 11 is 0. The average Bonchev–Trinajstić information content (AvgIpc) is 2.98. The molecule has 0 aliphatic heterocycles. The molecule has 0 saturated heterocycles. The summed E-state index contributed by atoms with van der Waals surface area (Å²) in [5.41, 5.74) is 0.807. The molecule has 0 fully saturated rings. The Labute approximate surface area is 243 Å². The lowest BCUT2D eigenvalue weighted by atomic mass is 10.1. The van der Waals surface area contributed by atoms with E-state index in [4.69, 9.17) is 9.47 Å². The summed E-state index contributed by atoms with van der Waals surface area (Å²) in [5.74, 6) is -0.680. The maximum atomic E-state index is 13.0. The first-order chi connectivity index (χ1) is 20.2. The number of hydrogen-bond donors (Lipinski definition) is 0. The maximum Gasteiger partial charge on any atom is 0.427 e. The first-order valence-corrected chi connectivity index (χ1v) is 13.9. The molecule has 226 valence electrons. The molecule has 1 atom stereocenters. The molecule has 8 nitrogen and oxygen atoms in total. The smallest absolute Gasteiger partial charge is 0.427 e. The fraction of sp³-hybridized carbons (Fsp3) is 0.419. The van der Waals surface area contributed by atoms with Crippen LogP contribution in [0.4, 0.5) is 13.2 Å². The quantitative estimate of drug-likeness (QED) is 0.0983. The monoisotopic (exact) mass is 588 g/mol. The third-order valence-electron chi connectivity index (χ3n) is 6.26. The molecule has 0 N–H and O–H groups in total. The zero-order valence-electron chi connectivity index (χ0n) is 23.7. The molecule has 0 spiro atoms. The number of halogens is 3. The van der Waals surface area contributed by atoms with E-state index >= 15 is 0 Å². The van der Waals surface area contributed by atoms with E-state index in [0.717, 1.165) is 20.0 Å². The second kappa shape index (κ2) is 16.5. The number of carbonyl (C=O) groups is 2. The van der Waals surface area contributed by atoms with E-state index < -0.39 is 30.8 Å². The van der Waals surface area contributed by atoms with Crippen LogP contribution in [-0.2, 0) is 9.47 Å². The van der Waals surface area contributed by atoms with Gasteiger partial charge in [-0.2, -0.15) is 13.2 Å². The number of benzene rings is 2. The van der Waals surface area contributed by atoms with Gasteiger partial charge in [-0.15, -0.1) is 0 Å². The SMILES string of the molecule is CCCCCCCCCOc1cnc(-c2ccc(C(=O)Oc3ccc(C(=O)OC(COC)C(F)(F)F)cc3)cc2)nc1. The summed E-state index contributed by atoms with van der Waals surface area (Å²) in [7, 11) is 1.07. The van der Waals surface area contributed by atoms with Crippen molar-refractivity contribution in [2.45, 2.75) is 64.1 Å². The summed E-state index contributed by atoms with van der Waals surface area (Å²) in [6, 6.07) is 11.5. The highest BCUT2D eigenvalue weighted by Crippen LogP contribution is 2.25. The first kappa shape index (κ1) is 32.5. The van der Waals surface area contributed by atoms with Crippen molar-refractivity contribution in [3.05, 3.63) is 72.1 Å². The molecule has 1 heterocycles. The number of esters is 2. The molecule has 3 rings (SSSR count). The van der Waals surface area contributed by atoms with Crippen LogP contribution in [0.3, 0.4) is 0 Å². The normalized spacial score (nSPS) is 12.0. The highest BCUT2D eigenvalue weighted by Gasteiger charge is 2.43. The number of hydrogen-bond acceptors (Lipinski definition) is 8. The Morgan fingerprint density at radius 3 is 1.95 bits per heavy atom. The summed E-state index contributed by atoms with van der Waals surface area (Å²) < 4.78 is 58.9. The minimum absolute atomic E-state index is 0.0975. The van der Waals surface area contributed by atoms with Crippen LogP contribution in [0.15, 0.2) is 60.9 Å². The zero-order chi connectivity index (χ0) is 30.4. The van der Waals surface area contributed by atoms with Gasteiger partial charge in [0, 0.05) is 12.7 Å². The molecule has 0 amide bonds. The molecular formula is C31H35F3N2O6. The van der Waals surface area contributed by atoms with Crippen LogP contribution in [0.2, 0.25) is 0 Å². The van der Waals surface area contributed by atoms with E-state index in [0.29, 0.717) is 23.7 Å². The molecule has 11 heteroatoms. The Morgan fingerprint density at radius 2 is 1.36 bits per heavy atom. The highest BCUT2D eigenvalue weighted by molar-refractivity contribution is 5.92. The number of nitrogens with zero attached hydrogens (tertiary/aromatic N) is 2. The van der Waals surface area contributed by atoms with Gasteiger partial charge < -0.3 is 18.9 Å². The van der Waals surface area contributed by atoms with Crippen molar-refractivity contribution in [1.29, 1.82) is 0 Å². The van der Waals surface area contributed by atoms with Crippen molar-refractivity contribution in [1.82, 2.24) is 9.97 Å². The van der Waals surface area contributed by atoms with E-state index in [1.165, 1.54) is 56.4 Å². The van der Waals surface area contributed by atoms with E-state index in [1.807, 2.05) is 0 Å². The van der Waals surface area contributed by atoms with Crippen molar-refractivity contribution in [3.63, 3.8) is 0 Å². The van der Waals surface area contributed by atoms with Gasteiger partial charge in [0.25, 0.3) is 0 Å². The number of methoxy groups -OCH3 is 1. The van der Waals surface area contributed by atoms with Gasteiger partial charge >= 0.3 is 18.1 Å². The van der Waals surface area contributed by atoms with Crippen LogP contribution in [-0.4, -0.2) is 54.5 Å². The second-order valence-corrected chi connectivity index (χ2v) is 9.59. The minimum atomic E-state index is -4.77. The standard InChI is InChI=1S/C31H35F3N2O6/c1-3-4-5-6-7-8-9-18-40-26-19-35-28(36-20-26)22-10-12-23(13-11-22)29(37)41-25-16-14-24(15-17-25)30(38)42-27(21-39-2)31(32,33)34/h10-17,19-20,27H,3-9,18,21H2,1-2H3. The third kappa shape index (κ3) is 10.4. The van der Waals surface area contributed by atoms with Gasteiger partial charge in [0.05, 0.1) is 36.7 Å². The third-order valence-corrected chi connectivity index (χ3v) is 6.26. The number of unbranched alkanes of at least 4 members (excludes halogenated alkanes) is 6. The van der Waals surface area contributed by atoms with Crippen LogP contribution in [0, 0.1) is 0 Å². The number of ether oxygens (including phenoxy) is 4. The van der Waals surface area contributed by atoms with Gasteiger partial charge in [-0.3, -0.25) is 0 Å². The van der Waals surface area contributed by atoms with Crippen LogP contribution >= 0.6 is 0 Å². The summed E-state index contributed by atoms with van der Waals surface area (Å²) in [4.78, 5) is 33.4. The molecule has 0 radical (unpaired) electrons. The van der Waals surface area contributed by atoms with Crippen molar-refractivity contribution < 1.29 is 41.7 Å². The molecule has 3 aromatic rings. The van der Waals surface area contributed by atoms with E-state index in [2.05, 4.69) is 26.4 Å². The molecule has 1 unspecified atom stereocenters. The molecular weight excluding hydrogens is 553 g/mol. The fourth-order valence-electron chi connectivity index (χ4n) is 3.91. The van der Waals surface area contributed by atoms with Gasteiger partial charge in [-0.05, 0) is 42.8 Å². The summed E-state index contributed by atoms with van der Waals surface area (Å²) in [6.45, 7) is 2.00. The van der Waals surface area contributed by atoms with Gasteiger partial charge in [0.2, 0.25) is 6.10 Å². The first-order valence-electron chi connectivity index (χ1n) is 13.9. The van der Waals surface area contributed by atoms with Gasteiger partial charge in [0.15, 0.2) is 11.6 Å². The lowest BCUT2D eigenvalue weighted by Crippen LogP contribution is -2.37. The van der Waals surface area contributed by atoms with Crippen LogP contribution in [0.1, 0.15) is 72.6 Å². The van der Waals surface area contributed by atoms with Gasteiger partial charge in [0.1, 0.15) is 5.75 Å². The Kier molecular flexibility index (Phi) is 12.7. The van der Waals surface area contributed by atoms with Gasteiger partial charge in [-0.1, -0.05) is 57.6 Å². The molecule has 1 aromatic heterocycles. The predicted molar refractivity (Wildman–Crippen MR) is 149 cm³/mol. The molecule has 42 heavy (non-hydrogen) atoms. The summed E-state index contributed by atoms with van der Waals surface area (Å²) in [6.07, 6.45) is 4.50. The van der Waals surface area contributed by atoms with E-state index in [-0.39, 0.29) is 16.9 Å². The van der Waals surface area contributed by atoms with E-state index in [1.54, 1.807) is 36.7 Å². The topological polar surface area (TPSA) is 96.8 Å². The molecule has 0 aliphatic rings. The van der Waals surface area contributed by atoms with Crippen LogP contribution in [0.5, 0.6) is 11.5 Å². The number of carbonyl (C=O) groups excluding carboxylic acids is 2. The number of aromatic nitrogens is 2. The van der Waals surface area contributed by atoms with Crippen molar-refractivity contribution in [2.75, 3.05) is 20.3 Å². The summed E-state index contributed by atoms with van der Waals surface area (Å²) in [5, 5.41) is 0. The minimum Gasteiger partial charge on any atom is -0.490 e. The Balaban J connectivity index is 1.48. The lowest BCUT2D eigenvalue weighted by Gasteiger charge is -2.19. The lowest BCUT2D eigenvalue weighted by molar-refractivity contribution is -0.215. The van der Waals surface area contributed by atoms with E-state index in [9.17, 15) is 22.8 Å². The highest BCUT2D eigenvalue weighted by atomic mass is 19.4. The van der Waals surface area contributed by atoms with Crippen molar-refractivity contribution in [2.24, 2.45) is 0 Å². The van der Waals surface area contributed by atoms with Crippen LogP contribution < -0.4 is 9.47 Å². The van der Waals surface area contributed by atoms with Crippen molar-refractivity contribution in [3.8, 4) is 22.9 Å². The molecule has 0 aliphatic carbocycles. The number of rotatable bonds is 16. The molecule has 0 bridgehead atoms. The Morgan fingerprint density at radius 1 is 0.786 bits per heavy atom. The van der Waals surface area contributed by atoms with Gasteiger partial charge in [-0.25, -0.2) is 19.6 Å². The zero-order valence-corrected chi connectivity index (χ0v) is 23.7. The fourth-order valence-corrected chi connectivity index (χ4v) is 3.91. The largest absolute Gasteiger partial charge is 0.490 e. The number of alkyl halides is 3.